The molecule has 0 heterocycles. The third-order valence-electron chi connectivity index (χ3n) is 3.23. The van der Waals surface area contributed by atoms with Crippen LogP contribution in [0.2, 0.25) is 0 Å². The molecule has 2 aromatic carbocycles. The summed E-state index contributed by atoms with van der Waals surface area (Å²) < 4.78 is 5.21. The van der Waals surface area contributed by atoms with Gasteiger partial charge in [0.2, 0.25) is 5.78 Å². The van der Waals surface area contributed by atoms with Gasteiger partial charge in [0.1, 0.15) is 0 Å². The molecule has 0 saturated carbocycles. The van der Waals surface area contributed by atoms with Crippen molar-refractivity contribution < 1.29 is 19.1 Å². The number of ether oxygens (including phenoxy) is 1. The molecule has 0 bridgehead atoms. The first-order valence-electron chi connectivity index (χ1n) is 7.30. The molecule has 24 heavy (non-hydrogen) atoms. The number of rotatable bonds is 5. The lowest BCUT2D eigenvalue weighted by molar-refractivity contribution is -0.116. The van der Waals surface area contributed by atoms with Crippen LogP contribution in [0.15, 0.2) is 72.8 Å². The molecule has 0 aromatic heterocycles. The summed E-state index contributed by atoms with van der Waals surface area (Å²) in [5.41, 5.74) is 1.09. The van der Waals surface area contributed by atoms with Gasteiger partial charge in [-0.15, -0.1) is 0 Å². The molecular formula is C19H17NO4. The zero-order valence-corrected chi connectivity index (χ0v) is 13.2. The Kier molecular flexibility index (Phi) is 5.63. The molecular weight excluding hydrogens is 306 g/mol. The zero-order chi connectivity index (χ0) is 17.5. The summed E-state index contributed by atoms with van der Waals surface area (Å²) in [6.07, 6.45) is -2.15. The van der Waals surface area contributed by atoms with E-state index >= 15 is 0 Å². The highest BCUT2D eigenvalue weighted by Gasteiger charge is 2.26. The number of nitrogens with one attached hydrogen (secondary N) is 1. The fourth-order valence-electron chi connectivity index (χ4n) is 1.99. The van der Waals surface area contributed by atoms with E-state index in [1.165, 1.54) is 6.92 Å². The first-order chi connectivity index (χ1) is 11.5. The monoisotopic (exact) mass is 323 g/mol. The summed E-state index contributed by atoms with van der Waals surface area (Å²) in [5.74, 6) is -1.03. The molecule has 2 rings (SSSR count). The van der Waals surface area contributed by atoms with Gasteiger partial charge in [-0.05, 0) is 6.92 Å². The molecule has 0 aliphatic carbocycles. The third kappa shape index (κ3) is 4.39. The van der Waals surface area contributed by atoms with Gasteiger partial charge in [0.25, 0.3) is 5.91 Å². The van der Waals surface area contributed by atoms with Crippen molar-refractivity contribution in [2.75, 3.05) is 0 Å². The van der Waals surface area contributed by atoms with Crippen molar-refractivity contribution in [1.82, 2.24) is 5.32 Å². The third-order valence-corrected chi connectivity index (χ3v) is 3.23. The maximum Gasteiger partial charge on any atom is 0.415 e. The Labute approximate surface area is 140 Å². The summed E-state index contributed by atoms with van der Waals surface area (Å²) >= 11 is 0. The first-order valence-corrected chi connectivity index (χ1v) is 7.30. The summed E-state index contributed by atoms with van der Waals surface area (Å²) in [6.45, 7) is 4.91. The summed E-state index contributed by atoms with van der Waals surface area (Å²) in [5, 5.41) is 2.03. The van der Waals surface area contributed by atoms with Crippen molar-refractivity contribution in [3.05, 3.63) is 83.9 Å². The van der Waals surface area contributed by atoms with Gasteiger partial charge in [0.05, 0.1) is 0 Å². The standard InChI is InChI=1S/C19H17NO4/c1-13(2)18(22)20-19(23)24-17(15-11-7-4-8-12-15)16(21)14-9-5-3-6-10-14/h3-12,17H,1H2,2H3,(H,20,22,23). The molecule has 2 amide bonds. The average Bonchev–Trinajstić information content (AvgIpc) is 2.60. The molecule has 1 atom stereocenters. The van der Waals surface area contributed by atoms with E-state index in [2.05, 4.69) is 6.58 Å². The minimum Gasteiger partial charge on any atom is -0.433 e. The van der Waals surface area contributed by atoms with Gasteiger partial charge in [-0.25, -0.2) is 4.79 Å². The molecule has 2 aromatic rings. The lowest BCUT2D eigenvalue weighted by Crippen LogP contribution is -2.33. The number of imide groups is 1. The Balaban J connectivity index is 2.24. The van der Waals surface area contributed by atoms with Crippen molar-refractivity contribution in [3.8, 4) is 0 Å². The van der Waals surface area contributed by atoms with Crippen molar-refractivity contribution in [2.45, 2.75) is 13.0 Å². The van der Waals surface area contributed by atoms with Gasteiger partial charge in [-0.3, -0.25) is 14.9 Å². The number of hydrogen-bond donors (Lipinski definition) is 1. The van der Waals surface area contributed by atoms with Crippen molar-refractivity contribution in [2.24, 2.45) is 0 Å². The van der Waals surface area contributed by atoms with Gasteiger partial charge >= 0.3 is 6.09 Å². The zero-order valence-electron chi connectivity index (χ0n) is 13.2. The van der Waals surface area contributed by atoms with E-state index < -0.39 is 18.1 Å². The predicted molar refractivity (Wildman–Crippen MR) is 89.4 cm³/mol. The second-order valence-corrected chi connectivity index (χ2v) is 5.16. The van der Waals surface area contributed by atoms with Crippen LogP contribution < -0.4 is 5.32 Å². The molecule has 122 valence electrons. The fraction of sp³-hybridized carbons (Fsp3) is 0.105. The van der Waals surface area contributed by atoms with Crippen molar-refractivity contribution >= 4 is 17.8 Å². The number of carbonyl (C=O) groups is 3. The molecule has 1 unspecified atom stereocenters. The molecule has 5 heteroatoms. The predicted octanol–water partition coefficient (Wildman–Crippen LogP) is 3.44. The average molecular weight is 323 g/mol. The van der Waals surface area contributed by atoms with Gasteiger partial charge < -0.3 is 4.74 Å². The molecule has 5 nitrogen and oxygen atoms in total. The van der Waals surface area contributed by atoms with Crippen LogP contribution in [0.25, 0.3) is 0 Å². The normalized spacial score (nSPS) is 11.2. The topological polar surface area (TPSA) is 72.5 Å². The number of benzene rings is 2. The Morgan fingerprint density at radius 2 is 1.50 bits per heavy atom. The van der Waals surface area contributed by atoms with Crippen LogP contribution in [0, 0.1) is 0 Å². The smallest absolute Gasteiger partial charge is 0.415 e. The van der Waals surface area contributed by atoms with Crippen LogP contribution >= 0.6 is 0 Å². The SMILES string of the molecule is C=C(C)C(=O)NC(=O)OC(C(=O)c1ccccc1)c1ccccc1. The number of ketones is 1. The second-order valence-electron chi connectivity index (χ2n) is 5.16. The van der Waals surface area contributed by atoms with Gasteiger partial charge in [-0.1, -0.05) is 67.2 Å². The molecule has 0 fully saturated rings. The van der Waals surface area contributed by atoms with Gasteiger partial charge in [-0.2, -0.15) is 0 Å². The van der Waals surface area contributed by atoms with Crippen LogP contribution in [-0.4, -0.2) is 17.8 Å². The molecule has 0 spiro atoms. The van der Waals surface area contributed by atoms with Crippen LogP contribution in [-0.2, 0) is 9.53 Å². The fourth-order valence-corrected chi connectivity index (χ4v) is 1.99. The van der Waals surface area contributed by atoms with E-state index in [0.29, 0.717) is 11.1 Å². The van der Waals surface area contributed by atoms with E-state index in [0.717, 1.165) is 0 Å². The number of alkyl carbamates (subject to hydrolysis) is 1. The van der Waals surface area contributed by atoms with Gasteiger partial charge in [0.15, 0.2) is 6.10 Å². The quantitative estimate of drug-likeness (QED) is 0.676. The minimum atomic E-state index is -1.15. The lowest BCUT2D eigenvalue weighted by Gasteiger charge is -2.17. The lowest BCUT2D eigenvalue weighted by atomic mass is 10.00. The molecule has 0 aliphatic rings. The Bertz CT molecular complexity index is 753. The second kappa shape index (κ2) is 7.87. The van der Waals surface area contributed by atoms with E-state index in [1.807, 2.05) is 5.32 Å². The van der Waals surface area contributed by atoms with Crippen LogP contribution in [0.3, 0.4) is 0 Å². The molecule has 0 radical (unpaired) electrons. The summed E-state index contributed by atoms with van der Waals surface area (Å²) in [7, 11) is 0. The van der Waals surface area contributed by atoms with E-state index in [9.17, 15) is 14.4 Å². The van der Waals surface area contributed by atoms with E-state index in [-0.39, 0.29) is 11.4 Å². The summed E-state index contributed by atoms with van der Waals surface area (Å²) in [4.78, 5) is 36.1. The number of hydrogen-bond acceptors (Lipinski definition) is 4. The first kappa shape index (κ1) is 17.1. The molecule has 0 saturated heterocycles. The van der Waals surface area contributed by atoms with Crippen molar-refractivity contribution in [1.29, 1.82) is 0 Å². The number of Topliss-reactive ketones (excluding diaryl/α,β-unsaturated/α-hetero) is 1. The maximum absolute atomic E-state index is 12.7. The Hall–Kier alpha value is -3.21. The molecule has 0 aliphatic heterocycles. The Morgan fingerprint density at radius 3 is 2.04 bits per heavy atom. The van der Waals surface area contributed by atoms with Crippen molar-refractivity contribution in [3.63, 3.8) is 0 Å². The molecule has 1 N–H and O–H groups in total. The minimum absolute atomic E-state index is 0.164. The highest BCUT2D eigenvalue weighted by molar-refractivity contribution is 6.04. The maximum atomic E-state index is 12.7. The Morgan fingerprint density at radius 1 is 0.958 bits per heavy atom. The highest BCUT2D eigenvalue weighted by Crippen LogP contribution is 2.22. The summed E-state index contributed by atoms with van der Waals surface area (Å²) in [6, 6.07) is 17.1. The van der Waals surface area contributed by atoms with Gasteiger partial charge in [0, 0.05) is 16.7 Å². The number of amides is 2. The van der Waals surface area contributed by atoms with E-state index in [4.69, 9.17) is 4.74 Å². The van der Waals surface area contributed by atoms with Crippen LogP contribution in [0.1, 0.15) is 28.9 Å². The largest absolute Gasteiger partial charge is 0.433 e. The van der Waals surface area contributed by atoms with Crippen LogP contribution in [0.4, 0.5) is 4.79 Å². The van der Waals surface area contributed by atoms with Crippen LogP contribution in [0.5, 0.6) is 0 Å². The highest BCUT2D eigenvalue weighted by atomic mass is 16.6. The van der Waals surface area contributed by atoms with E-state index in [1.54, 1.807) is 60.7 Å². The number of carbonyl (C=O) groups excluding carboxylic acids is 3.